The molecular formula is C35H36F2N4O5S. The number of hydrogen-bond donors (Lipinski definition) is 1. The molecule has 1 N–H and O–H groups in total. The number of sulfonamides is 1. The van der Waals surface area contributed by atoms with Gasteiger partial charge in [-0.2, -0.15) is 4.31 Å². The van der Waals surface area contributed by atoms with E-state index in [0.717, 1.165) is 24.2 Å². The lowest BCUT2D eigenvalue weighted by Crippen LogP contribution is -2.39. The number of pyridine rings is 1. The Morgan fingerprint density at radius 2 is 1.53 bits per heavy atom. The molecule has 1 fully saturated rings. The number of methoxy groups -OCH3 is 2. The molecule has 9 nitrogen and oxygen atoms in total. The predicted molar refractivity (Wildman–Crippen MR) is 174 cm³/mol. The van der Waals surface area contributed by atoms with Crippen molar-refractivity contribution in [2.45, 2.75) is 37.4 Å². The van der Waals surface area contributed by atoms with Gasteiger partial charge in [0.25, 0.3) is 0 Å². The maximum absolute atomic E-state index is 16.1. The molecule has 1 saturated heterocycles. The van der Waals surface area contributed by atoms with Crippen molar-refractivity contribution in [3.63, 3.8) is 0 Å². The van der Waals surface area contributed by atoms with Gasteiger partial charge < -0.3 is 23.9 Å². The standard InChI is InChI=1S/C35H36F2N4O5S/c1-23-12-14-41-32(17-28-20-38-13-15-46-28)35(39-33(41)16-23)34-30(36)18-29(19-31(34)37)47(42,43)40(21-24-4-8-26(44-2)9-5-24)22-25-6-10-27(45-3)11-7-25/h4-12,14,16,18-19,28,38H,13,15,17,20-22H2,1-3H3/t28-/m0/s1. The topological polar surface area (TPSA) is 94.4 Å². The van der Waals surface area contributed by atoms with Crippen LogP contribution in [0.4, 0.5) is 8.78 Å². The molecule has 0 amide bonds. The summed E-state index contributed by atoms with van der Waals surface area (Å²) in [5.41, 5.74) is 3.10. The van der Waals surface area contributed by atoms with Crippen LogP contribution < -0.4 is 14.8 Å². The zero-order valence-electron chi connectivity index (χ0n) is 26.4. The highest BCUT2D eigenvalue weighted by molar-refractivity contribution is 7.89. The van der Waals surface area contributed by atoms with Gasteiger partial charge in [0.15, 0.2) is 0 Å². The Morgan fingerprint density at radius 3 is 2.06 bits per heavy atom. The Balaban J connectivity index is 1.39. The number of ether oxygens (including phenoxy) is 3. The van der Waals surface area contributed by atoms with Crippen molar-refractivity contribution in [2.75, 3.05) is 33.9 Å². The lowest BCUT2D eigenvalue weighted by Gasteiger charge is -2.24. The first kappa shape index (κ1) is 32.6. The van der Waals surface area contributed by atoms with E-state index in [2.05, 4.69) is 10.3 Å². The van der Waals surface area contributed by atoms with Crippen LogP contribution in [0.1, 0.15) is 22.4 Å². The second kappa shape index (κ2) is 13.8. The van der Waals surface area contributed by atoms with Crippen LogP contribution in [0.5, 0.6) is 11.5 Å². The average Bonchev–Trinajstić information content (AvgIpc) is 3.41. The molecule has 3 heterocycles. The van der Waals surface area contributed by atoms with Crippen LogP contribution in [0, 0.1) is 18.6 Å². The van der Waals surface area contributed by atoms with Gasteiger partial charge in [0.2, 0.25) is 10.0 Å². The van der Waals surface area contributed by atoms with E-state index >= 15 is 8.78 Å². The maximum Gasteiger partial charge on any atom is 0.243 e. The third-order valence-corrected chi connectivity index (χ3v) is 10.0. The van der Waals surface area contributed by atoms with Crippen LogP contribution in [-0.4, -0.2) is 62.1 Å². The zero-order chi connectivity index (χ0) is 33.1. The predicted octanol–water partition coefficient (Wildman–Crippen LogP) is 5.53. The molecule has 47 heavy (non-hydrogen) atoms. The van der Waals surface area contributed by atoms with Crippen molar-refractivity contribution in [1.82, 2.24) is 19.0 Å². The van der Waals surface area contributed by atoms with Crippen LogP contribution in [0.15, 0.2) is 83.9 Å². The van der Waals surface area contributed by atoms with Gasteiger partial charge in [-0.1, -0.05) is 24.3 Å². The highest BCUT2D eigenvalue weighted by atomic mass is 32.2. The van der Waals surface area contributed by atoms with Crippen LogP contribution >= 0.6 is 0 Å². The lowest BCUT2D eigenvalue weighted by molar-refractivity contribution is 0.0286. The monoisotopic (exact) mass is 662 g/mol. The molecule has 0 radical (unpaired) electrons. The van der Waals surface area contributed by atoms with Gasteiger partial charge in [-0.25, -0.2) is 22.2 Å². The Morgan fingerprint density at radius 1 is 0.936 bits per heavy atom. The highest BCUT2D eigenvalue weighted by Crippen LogP contribution is 2.34. The molecule has 6 rings (SSSR count). The summed E-state index contributed by atoms with van der Waals surface area (Å²) in [7, 11) is -1.32. The van der Waals surface area contributed by atoms with Crippen molar-refractivity contribution >= 4 is 15.7 Å². The molecule has 0 unspecified atom stereocenters. The van der Waals surface area contributed by atoms with E-state index in [1.54, 1.807) is 67.2 Å². The molecule has 0 aliphatic carbocycles. The number of benzene rings is 3. The molecule has 1 aliphatic rings. The molecule has 246 valence electrons. The minimum absolute atomic E-state index is 0.0469. The first-order valence-electron chi connectivity index (χ1n) is 15.2. The SMILES string of the molecule is COc1ccc(CN(Cc2ccc(OC)cc2)S(=O)(=O)c2cc(F)c(-c3nc4cc(C)ccn4c3C[C@H]3CNCCO3)c(F)c2)cc1. The number of nitrogens with one attached hydrogen (secondary N) is 1. The molecule has 0 saturated carbocycles. The van der Waals surface area contributed by atoms with E-state index in [1.165, 1.54) is 4.31 Å². The highest BCUT2D eigenvalue weighted by Gasteiger charge is 2.30. The van der Waals surface area contributed by atoms with Gasteiger partial charge in [0.05, 0.1) is 48.8 Å². The van der Waals surface area contributed by atoms with Crippen molar-refractivity contribution in [1.29, 1.82) is 0 Å². The first-order chi connectivity index (χ1) is 22.7. The van der Waals surface area contributed by atoms with Crippen molar-refractivity contribution < 1.29 is 31.4 Å². The molecular weight excluding hydrogens is 626 g/mol. The van der Waals surface area contributed by atoms with Crippen molar-refractivity contribution in [2.24, 2.45) is 0 Å². The Kier molecular flexibility index (Phi) is 9.55. The summed E-state index contributed by atoms with van der Waals surface area (Å²) in [5, 5.41) is 3.28. The van der Waals surface area contributed by atoms with Gasteiger partial charge in [-0.3, -0.25) is 0 Å². The molecule has 12 heteroatoms. The third-order valence-electron chi connectivity index (χ3n) is 8.23. The summed E-state index contributed by atoms with van der Waals surface area (Å²) in [6, 6.07) is 19.4. The van der Waals surface area contributed by atoms with Gasteiger partial charge in [0.1, 0.15) is 28.8 Å². The van der Waals surface area contributed by atoms with Crippen molar-refractivity contribution in [3.05, 3.63) is 113 Å². The number of nitrogens with zero attached hydrogens (tertiary/aromatic N) is 3. The first-order valence-corrected chi connectivity index (χ1v) is 16.7. The molecule has 3 aromatic carbocycles. The lowest BCUT2D eigenvalue weighted by atomic mass is 10.0. The number of morpholine rings is 1. The van der Waals surface area contributed by atoms with Crippen LogP contribution in [0.2, 0.25) is 0 Å². The Bertz CT molecular complexity index is 1900. The van der Waals surface area contributed by atoms with Gasteiger partial charge in [-0.05, 0) is 72.1 Å². The van der Waals surface area contributed by atoms with Crippen molar-refractivity contribution in [3.8, 4) is 22.8 Å². The minimum atomic E-state index is -4.40. The maximum atomic E-state index is 16.1. The smallest absolute Gasteiger partial charge is 0.243 e. The summed E-state index contributed by atoms with van der Waals surface area (Å²) in [6.07, 6.45) is 1.94. The number of imidazole rings is 1. The van der Waals surface area contributed by atoms with E-state index in [9.17, 15) is 8.42 Å². The van der Waals surface area contributed by atoms with E-state index < -0.39 is 26.6 Å². The van der Waals surface area contributed by atoms with E-state index in [0.29, 0.717) is 53.5 Å². The number of halogens is 2. The number of hydrogen-bond acceptors (Lipinski definition) is 7. The third kappa shape index (κ3) is 7.01. The molecule has 1 atom stereocenters. The Hall–Kier alpha value is -4.36. The van der Waals surface area contributed by atoms with Crippen LogP contribution in [0.25, 0.3) is 16.9 Å². The summed E-state index contributed by atoms with van der Waals surface area (Å²) < 4.78 is 79.9. The zero-order valence-corrected chi connectivity index (χ0v) is 27.2. The average molecular weight is 663 g/mol. The number of rotatable bonds is 11. The van der Waals surface area contributed by atoms with Gasteiger partial charge in [0, 0.05) is 38.8 Å². The quantitative estimate of drug-likeness (QED) is 0.199. The van der Waals surface area contributed by atoms with Crippen LogP contribution in [-0.2, 0) is 34.3 Å². The van der Waals surface area contributed by atoms with Crippen LogP contribution in [0.3, 0.4) is 0 Å². The number of aryl methyl sites for hydroxylation is 1. The summed E-state index contributed by atoms with van der Waals surface area (Å²) in [4.78, 5) is 4.12. The normalized spacial score (nSPS) is 15.3. The number of fused-ring (bicyclic) bond motifs is 1. The minimum Gasteiger partial charge on any atom is -0.497 e. The molecule has 2 aromatic heterocycles. The summed E-state index contributed by atoms with van der Waals surface area (Å²) in [6.45, 7) is 3.65. The molecule has 0 bridgehead atoms. The largest absolute Gasteiger partial charge is 0.497 e. The molecule has 0 spiro atoms. The van der Waals surface area contributed by atoms with Gasteiger partial charge in [-0.15, -0.1) is 0 Å². The second-order valence-electron chi connectivity index (χ2n) is 11.5. The fourth-order valence-corrected chi connectivity index (χ4v) is 7.17. The van der Waals surface area contributed by atoms with E-state index in [-0.39, 0.29) is 30.5 Å². The Labute approximate surface area is 272 Å². The fraction of sp³-hybridized carbons (Fsp3) is 0.286. The molecule has 1 aliphatic heterocycles. The fourth-order valence-electron chi connectivity index (χ4n) is 5.73. The van der Waals surface area contributed by atoms with E-state index in [1.807, 2.05) is 25.3 Å². The van der Waals surface area contributed by atoms with E-state index in [4.69, 9.17) is 14.2 Å². The van der Waals surface area contributed by atoms with Gasteiger partial charge >= 0.3 is 0 Å². The summed E-state index contributed by atoms with van der Waals surface area (Å²) >= 11 is 0. The molecule has 5 aromatic rings. The second-order valence-corrected chi connectivity index (χ2v) is 13.4. The number of aromatic nitrogens is 2. The summed E-state index contributed by atoms with van der Waals surface area (Å²) in [5.74, 6) is -0.820.